The molecule has 0 saturated carbocycles. The first-order chi connectivity index (χ1) is 9.44. The van der Waals surface area contributed by atoms with Crippen LogP contribution in [-0.2, 0) is 6.54 Å². The first-order valence-electron chi connectivity index (χ1n) is 7.01. The Balaban J connectivity index is 2.00. The van der Waals surface area contributed by atoms with Crippen LogP contribution in [0, 0.1) is 6.92 Å². The number of aryl methyl sites for hydroxylation is 1. The molecule has 0 amide bonds. The Kier molecular flexibility index (Phi) is 4.46. The Morgan fingerprint density at radius 1 is 0.950 bits per heavy atom. The molecule has 0 aromatic heterocycles. The smallest absolute Gasteiger partial charge is 0.130 e. The third kappa shape index (κ3) is 4.39. The van der Waals surface area contributed by atoms with E-state index in [4.69, 9.17) is 4.74 Å². The highest BCUT2D eigenvalue weighted by Crippen LogP contribution is 2.24. The number of nitrogens with one attached hydrogen (secondary N) is 1. The molecule has 2 rings (SSSR count). The zero-order chi connectivity index (χ0) is 14.6. The van der Waals surface area contributed by atoms with Gasteiger partial charge in [0, 0.05) is 12.1 Å². The van der Waals surface area contributed by atoms with E-state index in [1.54, 1.807) is 0 Å². The quantitative estimate of drug-likeness (QED) is 0.870. The molecule has 0 unspecified atom stereocenters. The first kappa shape index (κ1) is 14.6. The van der Waals surface area contributed by atoms with Gasteiger partial charge in [0.1, 0.15) is 11.5 Å². The number of benzene rings is 2. The molecule has 0 heterocycles. The van der Waals surface area contributed by atoms with E-state index in [0.29, 0.717) is 0 Å². The van der Waals surface area contributed by atoms with Crippen molar-refractivity contribution in [1.29, 1.82) is 0 Å². The van der Waals surface area contributed by atoms with Crippen molar-refractivity contribution in [2.45, 2.75) is 39.8 Å². The lowest BCUT2D eigenvalue weighted by Crippen LogP contribution is -2.34. The second-order valence-corrected chi connectivity index (χ2v) is 6.12. The lowest BCUT2D eigenvalue weighted by molar-refractivity contribution is 0.424. The number of para-hydroxylation sites is 1. The van der Waals surface area contributed by atoms with Crippen LogP contribution in [0.2, 0.25) is 0 Å². The van der Waals surface area contributed by atoms with Crippen molar-refractivity contribution in [3.63, 3.8) is 0 Å². The van der Waals surface area contributed by atoms with Crippen molar-refractivity contribution < 1.29 is 4.74 Å². The van der Waals surface area contributed by atoms with E-state index in [1.165, 1.54) is 5.56 Å². The zero-order valence-electron chi connectivity index (χ0n) is 12.7. The molecule has 20 heavy (non-hydrogen) atoms. The molecule has 106 valence electrons. The second kappa shape index (κ2) is 6.10. The van der Waals surface area contributed by atoms with Crippen molar-refractivity contribution in [2.24, 2.45) is 0 Å². The molecule has 0 fully saturated rings. The van der Waals surface area contributed by atoms with Crippen LogP contribution in [0.5, 0.6) is 11.5 Å². The third-order valence-corrected chi connectivity index (χ3v) is 3.07. The summed E-state index contributed by atoms with van der Waals surface area (Å²) in [6.45, 7) is 9.43. The Morgan fingerprint density at radius 2 is 1.60 bits per heavy atom. The molecular formula is C18H23NO. The molecule has 0 aliphatic carbocycles. The van der Waals surface area contributed by atoms with Gasteiger partial charge in [0.15, 0.2) is 0 Å². The summed E-state index contributed by atoms with van der Waals surface area (Å²) < 4.78 is 5.89. The van der Waals surface area contributed by atoms with Gasteiger partial charge in [-0.25, -0.2) is 0 Å². The van der Waals surface area contributed by atoms with Crippen LogP contribution in [0.4, 0.5) is 0 Å². The molecule has 2 nitrogen and oxygen atoms in total. The zero-order valence-corrected chi connectivity index (χ0v) is 12.7. The fourth-order valence-corrected chi connectivity index (χ4v) is 1.84. The lowest BCUT2D eigenvalue weighted by atomic mass is 10.1. The Hall–Kier alpha value is -1.80. The number of hydrogen-bond acceptors (Lipinski definition) is 2. The average molecular weight is 269 g/mol. The van der Waals surface area contributed by atoms with Crippen molar-refractivity contribution in [1.82, 2.24) is 5.32 Å². The fraction of sp³-hybridized carbons (Fsp3) is 0.333. The van der Waals surface area contributed by atoms with E-state index in [0.717, 1.165) is 23.6 Å². The summed E-state index contributed by atoms with van der Waals surface area (Å²) in [6, 6.07) is 16.3. The summed E-state index contributed by atoms with van der Waals surface area (Å²) >= 11 is 0. The first-order valence-corrected chi connectivity index (χ1v) is 7.01. The average Bonchev–Trinajstić information content (AvgIpc) is 2.40. The summed E-state index contributed by atoms with van der Waals surface area (Å²) in [5, 5.41) is 3.48. The normalized spacial score (nSPS) is 11.4. The van der Waals surface area contributed by atoms with Gasteiger partial charge in [-0.1, -0.05) is 30.3 Å². The van der Waals surface area contributed by atoms with E-state index in [2.05, 4.69) is 51.2 Å². The van der Waals surface area contributed by atoms with Gasteiger partial charge in [0.2, 0.25) is 0 Å². The van der Waals surface area contributed by atoms with Crippen molar-refractivity contribution >= 4 is 0 Å². The van der Waals surface area contributed by atoms with E-state index >= 15 is 0 Å². The maximum atomic E-state index is 5.89. The van der Waals surface area contributed by atoms with E-state index in [1.807, 2.05) is 30.3 Å². The molecule has 0 saturated heterocycles. The molecule has 0 bridgehead atoms. The Morgan fingerprint density at radius 3 is 2.20 bits per heavy atom. The van der Waals surface area contributed by atoms with Gasteiger partial charge in [-0.05, 0) is 57.0 Å². The van der Waals surface area contributed by atoms with Crippen LogP contribution in [0.15, 0.2) is 48.5 Å². The summed E-state index contributed by atoms with van der Waals surface area (Å²) in [5.74, 6) is 1.78. The van der Waals surface area contributed by atoms with Gasteiger partial charge in [-0.15, -0.1) is 0 Å². The highest BCUT2D eigenvalue weighted by Gasteiger charge is 2.08. The number of hydrogen-bond donors (Lipinski definition) is 1. The van der Waals surface area contributed by atoms with Crippen molar-refractivity contribution in [3.8, 4) is 11.5 Å². The van der Waals surface area contributed by atoms with Crippen molar-refractivity contribution in [3.05, 3.63) is 59.7 Å². The summed E-state index contributed by atoms with van der Waals surface area (Å²) in [5.41, 5.74) is 2.54. The van der Waals surface area contributed by atoms with Gasteiger partial charge in [0.25, 0.3) is 0 Å². The molecule has 0 radical (unpaired) electrons. The van der Waals surface area contributed by atoms with Crippen LogP contribution in [-0.4, -0.2) is 5.54 Å². The maximum Gasteiger partial charge on any atom is 0.130 e. The highest BCUT2D eigenvalue weighted by atomic mass is 16.5. The molecule has 0 atom stereocenters. The lowest BCUT2D eigenvalue weighted by Gasteiger charge is -2.20. The van der Waals surface area contributed by atoms with E-state index < -0.39 is 0 Å². The minimum atomic E-state index is 0.135. The highest BCUT2D eigenvalue weighted by molar-refractivity contribution is 5.37. The van der Waals surface area contributed by atoms with Crippen LogP contribution in [0.25, 0.3) is 0 Å². The van der Waals surface area contributed by atoms with E-state index in [9.17, 15) is 0 Å². The molecule has 2 aromatic rings. The largest absolute Gasteiger partial charge is 0.457 e. The summed E-state index contributed by atoms with van der Waals surface area (Å²) in [4.78, 5) is 0. The number of ether oxygens (including phenoxy) is 1. The molecule has 1 N–H and O–H groups in total. The molecule has 0 aliphatic rings. The van der Waals surface area contributed by atoms with Crippen LogP contribution in [0.3, 0.4) is 0 Å². The fourth-order valence-electron chi connectivity index (χ4n) is 1.84. The van der Waals surface area contributed by atoms with Crippen LogP contribution >= 0.6 is 0 Å². The monoisotopic (exact) mass is 269 g/mol. The number of rotatable bonds is 4. The molecule has 2 heteroatoms. The summed E-state index contributed by atoms with van der Waals surface area (Å²) in [6.07, 6.45) is 0. The predicted octanol–water partition coefficient (Wildman–Crippen LogP) is 4.68. The summed E-state index contributed by atoms with van der Waals surface area (Å²) in [7, 11) is 0. The van der Waals surface area contributed by atoms with E-state index in [-0.39, 0.29) is 5.54 Å². The van der Waals surface area contributed by atoms with Gasteiger partial charge >= 0.3 is 0 Å². The van der Waals surface area contributed by atoms with Crippen LogP contribution < -0.4 is 10.1 Å². The molecule has 2 aromatic carbocycles. The van der Waals surface area contributed by atoms with Crippen molar-refractivity contribution in [2.75, 3.05) is 0 Å². The van der Waals surface area contributed by atoms with Gasteiger partial charge in [-0.2, -0.15) is 0 Å². The Labute approximate surface area is 121 Å². The van der Waals surface area contributed by atoms with Gasteiger partial charge in [-0.3, -0.25) is 0 Å². The maximum absolute atomic E-state index is 5.89. The third-order valence-electron chi connectivity index (χ3n) is 3.07. The second-order valence-electron chi connectivity index (χ2n) is 6.12. The minimum absolute atomic E-state index is 0.135. The van der Waals surface area contributed by atoms with Gasteiger partial charge < -0.3 is 10.1 Å². The predicted molar refractivity (Wildman–Crippen MR) is 84.3 cm³/mol. The van der Waals surface area contributed by atoms with Crippen LogP contribution in [0.1, 0.15) is 31.9 Å². The molecule has 0 spiro atoms. The van der Waals surface area contributed by atoms with Gasteiger partial charge in [0.05, 0.1) is 0 Å². The molecule has 0 aliphatic heterocycles. The molecular weight excluding hydrogens is 246 g/mol. The Bertz CT molecular complexity index is 552. The minimum Gasteiger partial charge on any atom is -0.457 e. The topological polar surface area (TPSA) is 21.3 Å². The SMILES string of the molecule is Cc1ccccc1Oc1ccc(CNC(C)(C)C)cc1. The standard InChI is InChI=1S/C18H23NO/c1-14-7-5-6-8-17(14)20-16-11-9-15(10-12-16)13-19-18(2,3)4/h5-12,19H,13H2,1-4H3.